The first kappa shape index (κ1) is 18.1. The number of halogens is 1. The number of fused-ring (bicyclic) bond motifs is 1. The van der Waals surface area contributed by atoms with E-state index >= 15 is 0 Å². The quantitative estimate of drug-likeness (QED) is 0.866. The van der Waals surface area contributed by atoms with E-state index in [4.69, 9.17) is 5.73 Å². The van der Waals surface area contributed by atoms with Crippen molar-refractivity contribution in [2.75, 3.05) is 31.5 Å². The van der Waals surface area contributed by atoms with Crippen LogP contribution in [0.5, 0.6) is 0 Å². The van der Waals surface area contributed by atoms with E-state index in [0.29, 0.717) is 17.6 Å². The van der Waals surface area contributed by atoms with Crippen LogP contribution in [-0.2, 0) is 4.79 Å². The molecule has 2 aromatic rings. The Kier molecular flexibility index (Phi) is 6.77. The molecule has 5 nitrogen and oxygen atoms in total. The van der Waals surface area contributed by atoms with Crippen molar-refractivity contribution in [2.45, 2.75) is 19.3 Å². The Balaban J connectivity index is 0.00000192. The SMILES string of the molecule is Cl.NCCC1CCCN(CC(=O)Nc2nc3ccccc3s2)C1. The van der Waals surface area contributed by atoms with Gasteiger partial charge in [-0.2, -0.15) is 0 Å². The van der Waals surface area contributed by atoms with Crippen LogP contribution < -0.4 is 11.1 Å². The minimum atomic E-state index is 0. The molecule has 1 aromatic heterocycles. The highest BCUT2D eigenvalue weighted by atomic mass is 35.5. The number of benzene rings is 1. The number of hydrogen-bond acceptors (Lipinski definition) is 5. The zero-order valence-electron chi connectivity index (χ0n) is 13.0. The van der Waals surface area contributed by atoms with E-state index in [-0.39, 0.29) is 18.3 Å². The minimum absolute atomic E-state index is 0. The molecule has 1 saturated heterocycles. The molecule has 0 aliphatic carbocycles. The fraction of sp³-hybridized carbons (Fsp3) is 0.500. The summed E-state index contributed by atoms with van der Waals surface area (Å²) in [5.41, 5.74) is 6.57. The zero-order valence-corrected chi connectivity index (χ0v) is 14.7. The van der Waals surface area contributed by atoms with Crippen molar-refractivity contribution in [2.24, 2.45) is 11.7 Å². The van der Waals surface area contributed by atoms with Gasteiger partial charge in [0.05, 0.1) is 16.8 Å². The molecule has 3 rings (SSSR count). The van der Waals surface area contributed by atoms with Crippen molar-refractivity contribution >= 4 is 45.0 Å². The maximum absolute atomic E-state index is 12.2. The lowest BCUT2D eigenvalue weighted by Gasteiger charge is -2.31. The number of nitrogens with two attached hydrogens (primary N) is 1. The molecular weight excluding hydrogens is 332 g/mol. The number of carbonyl (C=O) groups is 1. The van der Waals surface area contributed by atoms with Gasteiger partial charge in [-0.1, -0.05) is 23.5 Å². The Morgan fingerprint density at radius 2 is 2.26 bits per heavy atom. The van der Waals surface area contributed by atoms with Crippen LogP contribution in [0.1, 0.15) is 19.3 Å². The van der Waals surface area contributed by atoms with E-state index in [2.05, 4.69) is 15.2 Å². The summed E-state index contributed by atoms with van der Waals surface area (Å²) in [5.74, 6) is 0.654. The largest absolute Gasteiger partial charge is 0.330 e. The molecule has 0 bridgehead atoms. The summed E-state index contributed by atoms with van der Waals surface area (Å²) in [7, 11) is 0. The molecule has 7 heteroatoms. The molecule has 126 valence electrons. The van der Waals surface area contributed by atoms with Gasteiger partial charge in [0.1, 0.15) is 0 Å². The summed E-state index contributed by atoms with van der Waals surface area (Å²) in [6.45, 7) is 3.15. The van der Waals surface area contributed by atoms with Crippen molar-refractivity contribution in [3.63, 3.8) is 0 Å². The van der Waals surface area contributed by atoms with E-state index < -0.39 is 0 Å². The van der Waals surface area contributed by atoms with Gasteiger partial charge < -0.3 is 11.1 Å². The normalized spacial score (nSPS) is 18.6. The summed E-state index contributed by atoms with van der Waals surface area (Å²) < 4.78 is 1.10. The van der Waals surface area contributed by atoms with Crippen molar-refractivity contribution in [3.05, 3.63) is 24.3 Å². The van der Waals surface area contributed by atoms with Gasteiger partial charge in [0.2, 0.25) is 5.91 Å². The van der Waals surface area contributed by atoms with Gasteiger partial charge in [0.25, 0.3) is 0 Å². The average molecular weight is 355 g/mol. The summed E-state index contributed by atoms with van der Waals surface area (Å²) >= 11 is 1.52. The highest BCUT2D eigenvalue weighted by Crippen LogP contribution is 2.25. The van der Waals surface area contributed by atoms with E-state index in [9.17, 15) is 4.79 Å². The van der Waals surface area contributed by atoms with E-state index in [0.717, 1.165) is 42.7 Å². The van der Waals surface area contributed by atoms with Crippen LogP contribution >= 0.6 is 23.7 Å². The first-order chi connectivity index (χ1) is 10.7. The van der Waals surface area contributed by atoms with Crippen LogP contribution in [0, 0.1) is 5.92 Å². The number of hydrogen-bond donors (Lipinski definition) is 2. The summed E-state index contributed by atoms with van der Waals surface area (Å²) in [6, 6.07) is 7.92. The van der Waals surface area contributed by atoms with Crippen LogP contribution in [0.25, 0.3) is 10.2 Å². The van der Waals surface area contributed by atoms with Crippen molar-refractivity contribution in [1.29, 1.82) is 0 Å². The number of amides is 1. The highest BCUT2D eigenvalue weighted by Gasteiger charge is 2.21. The topological polar surface area (TPSA) is 71.2 Å². The van der Waals surface area contributed by atoms with Gasteiger partial charge in [0, 0.05) is 6.54 Å². The van der Waals surface area contributed by atoms with Crippen molar-refractivity contribution < 1.29 is 4.79 Å². The third-order valence-corrected chi connectivity index (χ3v) is 5.04. The second kappa shape index (κ2) is 8.59. The van der Waals surface area contributed by atoms with Crippen LogP contribution in [0.15, 0.2) is 24.3 Å². The first-order valence-corrected chi connectivity index (χ1v) is 8.64. The molecule has 1 aliphatic heterocycles. The third-order valence-electron chi connectivity index (χ3n) is 4.09. The minimum Gasteiger partial charge on any atom is -0.330 e. The number of likely N-dealkylation sites (tertiary alicyclic amines) is 1. The standard InChI is InChI=1S/C16H22N4OS.ClH/c17-8-7-12-4-3-9-20(10-12)11-15(21)19-16-18-13-5-1-2-6-14(13)22-16;/h1-2,5-6,12H,3-4,7-11,17H2,(H,18,19,21);1H. The van der Waals surface area contributed by atoms with Gasteiger partial charge >= 0.3 is 0 Å². The molecule has 1 aromatic carbocycles. The Labute approximate surface area is 146 Å². The fourth-order valence-corrected chi connectivity index (χ4v) is 3.94. The molecule has 3 N–H and O–H groups in total. The summed E-state index contributed by atoms with van der Waals surface area (Å²) in [6.07, 6.45) is 3.43. The number of anilines is 1. The molecule has 1 amide bonds. The number of nitrogens with one attached hydrogen (secondary N) is 1. The van der Waals surface area contributed by atoms with E-state index in [1.54, 1.807) is 0 Å². The molecular formula is C16H23ClN4OS. The molecule has 0 spiro atoms. The van der Waals surface area contributed by atoms with Gasteiger partial charge in [-0.3, -0.25) is 9.69 Å². The number of nitrogens with zero attached hydrogens (tertiary/aromatic N) is 2. The number of para-hydroxylation sites is 1. The average Bonchev–Trinajstić information content (AvgIpc) is 2.89. The Morgan fingerprint density at radius 3 is 3.04 bits per heavy atom. The van der Waals surface area contributed by atoms with Crippen LogP contribution in [0.3, 0.4) is 0 Å². The van der Waals surface area contributed by atoms with Crippen molar-refractivity contribution in [1.82, 2.24) is 9.88 Å². The zero-order chi connectivity index (χ0) is 15.4. The number of aromatic nitrogens is 1. The summed E-state index contributed by atoms with van der Waals surface area (Å²) in [5, 5.41) is 3.61. The maximum Gasteiger partial charge on any atom is 0.240 e. The predicted octanol–water partition coefficient (Wildman–Crippen LogP) is 2.72. The molecule has 1 fully saturated rings. The number of rotatable bonds is 5. The van der Waals surface area contributed by atoms with E-state index in [1.165, 1.54) is 17.8 Å². The molecule has 1 unspecified atom stereocenters. The fourth-order valence-electron chi connectivity index (χ4n) is 3.05. The Hall–Kier alpha value is -1.21. The highest BCUT2D eigenvalue weighted by molar-refractivity contribution is 7.22. The van der Waals surface area contributed by atoms with Gasteiger partial charge in [0.15, 0.2) is 5.13 Å². The lowest BCUT2D eigenvalue weighted by molar-refractivity contribution is -0.117. The monoisotopic (exact) mass is 354 g/mol. The molecule has 2 heterocycles. The number of carbonyl (C=O) groups excluding carboxylic acids is 1. The lowest BCUT2D eigenvalue weighted by Crippen LogP contribution is -2.40. The van der Waals surface area contributed by atoms with Gasteiger partial charge in [-0.15, -0.1) is 12.4 Å². The van der Waals surface area contributed by atoms with Gasteiger partial charge in [-0.25, -0.2) is 4.98 Å². The molecule has 1 atom stereocenters. The first-order valence-electron chi connectivity index (χ1n) is 7.82. The Morgan fingerprint density at radius 1 is 1.43 bits per heavy atom. The molecule has 1 aliphatic rings. The molecule has 0 saturated carbocycles. The van der Waals surface area contributed by atoms with Gasteiger partial charge in [-0.05, 0) is 50.4 Å². The Bertz CT molecular complexity index is 613. The van der Waals surface area contributed by atoms with Crippen LogP contribution in [-0.4, -0.2) is 42.0 Å². The second-order valence-corrected chi connectivity index (χ2v) is 6.89. The maximum atomic E-state index is 12.2. The lowest BCUT2D eigenvalue weighted by atomic mass is 9.95. The van der Waals surface area contributed by atoms with Crippen molar-refractivity contribution in [3.8, 4) is 0 Å². The second-order valence-electron chi connectivity index (χ2n) is 5.86. The molecule has 23 heavy (non-hydrogen) atoms. The van der Waals surface area contributed by atoms with Crippen LogP contribution in [0.2, 0.25) is 0 Å². The summed E-state index contributed by atoms with van der Waals surface area (Å²) in [4.78, 5) is 18.9. The number of piperidine rings is 1. The van der Waals surface area contributed by atoms with E-state index in [1.807, 2.05) is 24.3 Å². The molecule has 0 radical (unpaired) electrons. The third kappa shape index (κ3) is 4.88. The van der Waals surface area contributed by atoms with Crippen LogP contribution in [0.4, 0.5) is 5.13 Å². The predicted molar refractivity (Wildman–Crippen MR) is 98.3 cm³/mol. The smallest absolute Gasteiger partial charge is 0.240 e. The number of thiazole rings is 1.